The number of hydrogen-bond acceptors (Lipinski definition) is 36. The van der Waals surface area contributed by atoms with Gasteiger partial charge in [0.05, 0.1) is 74.8 Å². The molecule has 2 saturated carbocycles. The summed E-state index contributed by atoms with van der Waals surface area (Å²) in [6, 6.07) is 20.2. The lowest BCUT2D eigenvalue weighted by Crippen LogP contribution is -2.33. The van der Waals surface area contributed by atoms with E-state index in [1.807, 2.05) is 64.2 Å². The van der Waals surface area contributed by atoms with E-state index in [4.69, 9.17) is 0 Å². The number of aryl methyl sites for hydroxylation is 2. The molecule has 6 heterocycles. The Kier molecular flexibility index (Phi) is 36.4. The van der Waals surface area contributed by atoms with Crippen LogP contribution in [0, 0.1) is 49.4 Å². The highest BCUT2D eigenvalue weighted by Gasteiger charge is 2.48. The van der Waals surface area contributed by atoms with E-state index >= 15 is 0 Å². The van der Waals surface area contributed by atoms with Gasteiger partial charge < -0.3 is 97.1 Å². The Morgan fingerprint density at radius 3 is 1.23 bits per heavy atom. The van der Waals surface area contributed by atoms with E-state index in [-0.39, 0.29) is 95.2 Å². The maximum Gasteiger partial charge on any atom is 0.328 e. The first-order chi connectivity index (χ1) is 66.9. The third kappa shape index (κ3) is 28.7. The van der Waals surface area contributed by atoms with Gasteiger partial charge in [0.25, 0.3) is 42.4 Å². The second-order valence-electron chi connectivity index (χ2n) is 37.3. The first kappa shape index (κ1) is 115. The Morgan fingerprint density at radius 1 is 0.486 bits per heavy atom. The molecule has 0 saturated heterocycles. The third-order valence-corrected chi connectivity index (χ3v) is 34.7. The summed E-state index contributed by atoms with van der Waals surface area (Å²) in [4.78, 5) is 173. The number of nitrogens with zero attached hydrogens (tertiary/aromatic N) is 6. The minimum atomic E-state index is -6.19. The molecule has 6 N–H and O–H groups in total. The molecular weight excluding hydrogens is 2040 g/mol. The zero-order chi connectivity index (χ0) is 106. The van der Waals surface area contributed by atoms with E-state index in [1.54, 1.807) is 12.1 Å². The summed E-state index contributed by atoms with van der Waals surface area (Å²) in [5, 5.41) is 26.4. The van der Waals surface area contributed by atoms with Gasteiger partial charge in [-0.3, -0.25) is 65.2 Å². The van der Waals surface area contributed by atoms with Crippen LogP contribution in [0.25, 0.3) is 0 Å². The molecule has 4 aliphatic heterocycles. The molecule has 6 unspecified atom stereocenters. The number of allylic oxidation sites excluding steroid dienone is 10. The quantitative estimate of drug-likeness (QED) is 0.00735. The van der Waals surface area contributed by atoms with E-state index in [1.165, 1.54) is 63.6 Å². The minimum Gasteiger partial charge on any atom is -0.790 e. The van der Waals surface area contributed by atoms with E-state index in [2.05, 4.69) is 193 Å². The maximum atomic E-state index is 12.8. The van der Waals surface area contributed by atoms with Crippen LogP contribution in [0.5, 0.6) is 0 Å². The monoisotopic (exact) mass is 2150 g/mol. The van der Waals surface area contributed by atoms with Crippen molar-refractivity contribution < 1.29 is 148 Å². The van der Waals surface area contributed by atoms with Crippen molar-refractivity contribution in [3.05, 3.63) is 231 Å². The SMILES string of the molecule is CCN1C(=CC=CC2=[N+](CCCCCC(=O)NCC#Cc3cn([C@H]4CC(O)[C@@H](COP(=O)([O-])OP(=O)([O-])OP(=O)([O-])[O-])C4)c(=O)[nH]c3=O)c3ccc(S(=O)(=O)[O-])cc3C2(C)C)C(C)(C)c2cc(C)ccc21.CCN1C(=CC=CC=CC2=[N+](CCCCCC(=O)NCC#Cc3cn([C@H]4CC(O)[C@@H](COP(=O)([O-])OP(=O)([O-])OP(=O)([O-])[O-])C4)c(=O)[nH]c3=O)c3ccc(S(=O)(=O)[O-])cc3C2(C)C)C(C)(C)c2cc(C)ccc21. The van der Waals surface area contributed by atoms with Gasteiger partial charge in [0.15, 0.2) is 11.4 Å². The Bertz CT molecular complexity index is 7180. The summed E-state index contributed by atoms with van der Waals surface area (Å²) in [5.74, 6) is 7.81. The van der Waals surface area contributed by atoms with Crippen molar-refractivity contribution in [2.75, 3.05) is 62.3 Å². The molecule has 0 bridgehead atoms. The minimum absolute atomic E-state index is 0.127. The molecule has 2 aliphatic carbocycles. The number of aliphatic hydroxyl groups is 2. The highest BCUT2D eigenvalue weighted by Crippen LogP contribution is 2.63. The zero-order valence-corrected chi connectivity index (χ0v) is 87.4. The van der Waals surface area contributed by atoms with Crippen molar-refractivity contribution >= 4 is 113 Å². The van der Waals surface area contributed by atoms with Crippen molar-refractivity contribution in [2.24, 2.45) is 11.8 Å². The summed E-state index contributed by atoms with van der Waals surface area (Å²) >= 11 is 0. The van der Waals surface area contributed by atoms with Crippen LogP contribution in [0.2, 0.25) is 0 Å². The maximum absolute atomic E-state index is 12.8. The number of likely N-dealkylation sites (N-methyl/N-ethyl adjacent to an activating group) is 2. The average Bonchev–Trinajstić information content (AvgIpc) is 1.59. The molecule has 0 radical (unpaired) electrons. The van der Waals surface area contributed by atoms with Gasteiger partial charge in [-0.15, -0.1) is 0 Å². The number of anilines is 2. The summed E-state index contributed by atoms with van der Waals surface area (Å²) < 4.78 is 169. The molecule has 2 amide bonds. The van der Waals surface area contributed by atoms with E-state index in [0.29, 0.717) is 62.7 Å². The lowest BCUT2D eigenvalue weighted by Gasteiger charge is -2.37. The number of unbranched alkanes of at least 4 members (excludes halogenated alkanes) is 4. The number of carbonyl (C=O) groups is 2. The number of phosphoric acid groups is 6. The number of amides is 2. The van der Waals surface area contributed by atoms with Gasteiger partial charge in [-0.05, 0) is 166 Å². The molecule has 2 aromatic heterocycles. The van der Waals surface area contributed by atoms with Crippen molar-refractivity contribution in [1.29, 1.82) is 0 Å². The predicted octanol–water partition coefficient (Wildman–Crippen LogP) is 5.03. The van der Waals surface area contributed by atoms with E-state index in [0.717, 1.165) is 63.1 Å². The van der Waals surface area contributed by atoms with E-state index < -0.39 is 150 Å². The Labute approximate surface area is 830 Å². The smallest absolute Gasteiger partial charge is 0.328 e. The van der Waals surface area contributed by atoms with Gasteiger partial charge in [0.1, 0.15) is 44.5 Å². The second-order valence-corrected chi connectivity index (χ2v) is 48.5. The Morgan fingerprint density at radius 2 is 0.861 bits per heavy atom. The average molecular weight is 2150 g/mol. The van der Waals surface area contributed by atoms with Gasteiger partial charge in [-0.25, -0.2) is 35.0 Å². The number of carbonyl (C=O) groups excluding carboxylic acids is 2. The second kappa shape index (κ2) is 45.7. The topological polar surface area (TPSA) is 678 Å². The van der Waals surface area contributed by atoms with Crippen LogP contribution in [0.4, 0.5) is 22.7 Å². The number of rotatable bonds is 39. The summed E-state index contributed by atoms with van der Waals surface area (Å²) in [7, 11) is -45.9. The van der Waals surface area contributed by atoms with Crippen molar-refractivity contribution in [1.82, 2.24) is 29.7 Å². The highest BCUT2D eigenvalue weighted by atomic mass is 32.2. The third-order valence-electron chi connectivity index (χ3n) is 25.7. The molecule has 6 aliphatic rings. The van der Waals surface area contributed by atoms with Gasteiger partial charge in [0.2, 0.25) is 23.2 Å². The standard InChI is InChI=1S/C47H60N5O17P3S.C45H58N5O17P3S/c1-7-50-38-21-19-31(2)25-36(38)46(3,4)41(50)16-10-8-11-17-42-47(5,6)37-28-35(73(64,65)66)20-22-39(37)51(42)24-13-9-12-18-43(54)48-23-14-15-32-29-52(45(56)49-44(32)55)34-26-33(40(53)27-34)30-67-71(60,61)69-72(62,63)68-70(57,58)59;1-7-48-36-19-17-29(2)23-34(36)44(3,4)39(48)14-11-15-40-45(5,6)35-26-33(71(62,63)64)18-20-37(35)49(40)22-10-8-9-16-41(52)46-21-12-13-30-27-50(43(54)47-42(30)53)32-24-31(38(51)25-32)28-65-69(58,59)67-70(60,61)66-68(55,56)57/h8,10-11,16-17,19-22,25,28-29,33-34,40,53H,7,9,12-13,18,23-24,26-27,30H2,1-6H3,(H6-,48,49,54,55,56,57,58,59,60,61,62,63,64,65,66);11,14-15,17-20,23,26-27,31-32,38,51H,7-10,16,21-22,24-25,28H2,1-6H3,(H6-,46,47,52,53,54,55,56,57,58,59,60,61,62,63,64)/p-8/t33-,34-,40?;31-,32-,38?/m11/s1. The number of aromatic amines is 2. The fourth-order valence-electron chi connectivity index (χ4n) is 18.7. The molecule has 144 heavy (non-hydrogen) atoms. The van der Waals surface area contributed by atoms with Gasteiger partial charge >= 0.3 is 11.4 Å². The lowest BCUT2D eigenvalue weighted by molar-refractivity contribution is -0.438. The molecule has 44 nitrogen and oxygen atoms in total. The molecule has 12 rings (SSSR count). The van der Waals surface area contributed by atoms with E-state index in [9.17, 15) is 131 Å². The van der Waals surface area contributed by atoms with Crippen LogP contribution in [0.1, 0.15) is 203 Å². The van der Waals surface area contributed by atoms with Crippen LogP contribution < -0.4 is 82.1 Å². The molecule has 782 valence electrons. The van der Waals surface area contributed by atoms with Crippen LogP contribution in [-0.4, -0.2) is 152 Å². The van der Waals surface area contributed by atoms with Crippen LogP contribution in [-0.2, 0) is 105 Å². The summed E-state index contributed by atoms with van der Waals surface area (Å²) in [5.41, 5.74) is 8.77. The normalized spacial score (nSPS) is 21.6. The molecule has 6 aromatic rings. The number of aliphatic hydroxyl groups excluding tert-OH is 2. The molecule has 2 fully saturated rings. The lowest BCUT2D eigenvalue weighted by atomic mass is 9.81. The fourth-order valence-corrected chi connectivity index (χ4v) is 25.6. The van der Waals surface area contributed by atoms with Crippen LogP contribution in [0.3, 0.4) is 0 Å². The van der Waals surface area contributed by atoms with Gasteiger partial charge in [-0.1, -0.05) is 111 Å². The first-order valence-electron chi connectivity index (χ1n) is 45.6. The van der Waals surface area contributed by atoms with Gasteiger partial charge in [0, 0.05) is 144 Å². The summed E-state index contributed by atoms with van der Waals surface area (Å²) in [6.45, 7) is 25.7. The highest BCUT2D eigenvalue weighted by molar-refractivity contribution is 7.86. The fraction of sp³-hybridized carbons (Fsp3) is 0.457. The van der Waals surface area contributed by atoms with Crippen molar-refractivity contribution in [3.8, 4) is 23.7 Å². The predicted molar refractivity (Wildman–Crippen MR) is 509 cm³/mol. The molecule has 10 atom stereocenters. The molecular formula is C92H110N10O34P6S2-8. The summed E-state index contributed by atoms with van der Waals surface area (Å²) in [6.07, 6.45) is 19.2. The Balaban J connectivity index is 0.000000275. The van der Waals surface area contributed by atoms with Gasteiger partial charge in [-0.2, -0.15) is 9.15 Å². The largest absolute Gasteiger partial charge is 0.790 e. The number of hydrogen-bond donors (Lipinski definition) is 6. The number of H-pyrrole nitrogens is 2. The number of benzene rings is 4. The molecule has 4 aromatic carbocycles. The van der Waals surface area contributed by atoms with Crippen LogP contribution in [0.15, 0.2) is 174 Å². The number of aromatic nitrogens is 4. The number of fused-ring (bicyclic) bond motifs is 4. The molecule has 52 heteroatoms. The number of nitrogens with one attached hydrogen (secondary N) is 4. The van der Waals surface area contributed by atoms with Crippen LogP contribution >= 0.6 is 46.9 Å². The number of phosphoric ester groups is 2. The molecule has 0 spiro atoms. The van der Waals surface area contributed by atoms with Crippen molar-refractivity contribution in [2.45, 2.75) is 216 Å². The Hall–Kier alpha value is -9.50. The van der Waals surface area contributed by atoms with Crippen molar-refractivity contribution in [3.63, 3.8) is 0 Å². The zero-order valence-electron chi connectivity index (χ0n) is 80.4. The first-order valence-corrected chi connectivity index (χ1v) is 57.2.